The number of guanidine groups is 1. The van der Waals surface area contributed by atoms with Crippen LogP contribution in [0, 0.1) is 5.92 Å². The number of hydrogen-bond donors (Lipinski definition) is 2. The first-order valence-electron chi connectivity index (χ1n) is 6.58. The van der Waals surface area contributed by atoms with Gasteiger partial charge in [-0.2, -0.15) is 0 Å². The van der Waals surface area contributed by atoms with E-state index in [4.69, 9.17) is 4.74 Å². The van der Waals surface area contributed by atoms with Gasteiger partial charge in [0.05, 0.1) is 12.2 Å². The first-order chi connectivity index (χ1) is 9.13. The van der Waals surface area contributed by atoms with Crippen molar-refractivity contribution in [1.29, 1.82) is 0 Å². The Balaban J connectivity index is 1.82. The molecule has 0 bridgehead atoms. The third kappa shape index (κ3) is 3.91. The highest BCUT2D eigenvalue weighted by Crippen LogP contribution is 2.28. The molecule has 1 aromatic rings. The van der Waals surface area contributed by atoms with Gasteiger partial charge in [-0.1, -0.05) is 6.92 Å². The van der Waals surface area contributed by atoms with Gasteiger partial charge in [-0.25, -0.2) is 4.98 Å². The number of hydrogen-bond acceptors (Lipinski definition) is 4. The van der Waals surface area contributed by atoms with Crippen LogP contribution in [0.15, 0.2) is 10.4 Å². The van der Waals surface area contributed by atoms with Gasteiger partial charge in [0.2, 0.25) is 0 Å². The molecular weight excluding hydrogens is 260 g/mol. The van der Waals surface area contributed by atoms with E-state index in [-0.39, 0.29) is 6.10 Å². The van der Waals surface area contributed by atoms with E-state index >= 15 is 0 Å². The summed E-state index contributed by atoms with van der Waals surface area (Å²) in [5.74, 6) is 1.61. The van der Waals surface area contributed by atoms with Gasteiger partial charge < -0.3 is 15.4 Å². The van der Waals surface area contributed by atoms with E-state index in [1.165, 1.54) is 6.42 Å². The van der Waals surface area contributed by atoms with Gasteiger partial charge >= 0.3 is 0 Å². The van der Waals surface area contributed by atoms with Crippen molar-refractivity contribution in [2.24, 2.45) is 10.9 Å². The van der Waals surface area contributed by atoms with E-state index in [1.54, 1.807) is 25.5 Å². The molecule has 2 N–H and O–H groups in total. The van der Waals surface area contributed by atoms with Crippen molar-refractivity contribution in [2.75, 3.05) is 14.2 Å². The predicted octanol–water partition coefficient (Wildman–Crippen LogP) is 1.92. The van der Waals surface area contributed by atoms with Crippen LogP contribution in [-0.2, 0) is 11.3 Å². The normalized spacial score (nSPS) is 24.1. The molecule has 1 aliphatic rings. The number of nitrogens with one attached hydrogen (secondary N) is 2. The second kappa shape index (κ2) is 6.34. The number of methoxy groups -OCH3 is 1. The summed E-state index contributed by atoms with van der Waals surface area (Å²) in [6, 6.07) is 0.575. The predicted molar refractivity (Wildman–Crippen MR) is 78.4 cm³/mol. The van der Waals surface area contributed by atoms with Crippen LogP contribution >= 0.6 is 11.3 Å². The smallest absolute Gasteiger partial charge is 0.191 e. The lowest BCUT2D eigenvalue weighted by Crippen LogP contribution is -2.38. The maximum Gasteiger partial charge on any atom is 0.191 e. The van der Waals surface area contributed by atoms with Crippen molar-refractivity contribution < 1.29 is 4.74 Å². The van der Waals surface area contributed by atoms with Gasteiger partial charge in [0.25, 0.3) is 0 Å². The first kappa shape index (κ1) is 14.3. The largest absolute Gasteiger partial charge is 0.375 e. The van der Waals surface area contributed by atoms with Gasteiger partial charge in [-0.3, -0.25) is 4.99 Å². The van der Waals surface area contributed by atoms with Crippen molar-refractivity contribution in [3.63, 3.8) is 0 Å². The first-order valence-corrected chi connectivity index (χ1v) is 7.46. The minimum Gasteiger partial charge on any atom is -0.375 e. The number of ether oxygens (including phenoxy) is 1. The van der Waals surface area contributed by atoms with Gasteiger partial charge in [0, 0.05) is 25.6 Å². The SMILES string of the molecule is CN=C(NCc1csc(C(C)OC)n1)NC1CC1C. The molecule has 6 heteroatoms. The minimum atomic E-state index is 0.0588. The monoisotopic (exact) mass is 282 g/mol. The second-order valence-corrected chi connectivity index (χ2v) is 5.83. The molecule has 1 saturated carbocycles. The lowest BCUT2D eigenvalue weighted by Gasteiger charge is -2.10. The molecule has 0 radical (unpaired) electrons. The Morgan fingerprint density at radius 1 is 1.68 bits per heavy atom. The molecule has 5 nitrogen and oxygen atoms in total. The van der Waals surface area contributed by atoms with E-state index < -0.39 is 0 Å². The van der Waals surface area contributed by atoms with Gasteiger partial charge in [0.15, 0.2) is 5.96 Å². The lowest BCUT2D eigenvalue weighted by atomic mass is 10.4. The van der Waals surface area contributed by atoms with Crippen LogP contribution in [0.4, 0.5) is 0 Å². The second-order valence-electron chi connectivity index (χ2n) is 4.94. The Morgan fingerprint density at radius 2 is 2.42 bits per heavy atom. The van der Waals surface area contributed by atoms with Crippen LogP contribution in [0.5, 0.6) is 0 Å². The molecule has 3 unspecified atom stereocenters. The molecule has 0 spiro atoms. The van der Waals surface area contributed by atoms with Crippen LogP contribution in [0.2, 0.25) is 0 Å². The van der Waals surface area contributed by atoms with Crippen molar-refractivity contribution in [3.05, 3.63) is 16.1 Å². The fraction of sp³-hybridized carbons (Fsp3) is 0.692. The van der Waals surface area contributed by atoms with Crippen LogP contribution in [0.3, 0.4) is 0 Å². The fourth-order valence-electron chi connectivity index (χ4n) is 1.76. The minimum absolute atomic E-state index is 0.0588. The molecule has 3 atom stereocenters. The summed E-state index contributed by atoms with van der Waals surface area (Å²) >= 11 is 1.63. The molecule has 0 amide bonds. The van der Waals surface area contributed by atoms with Gasteiger partial charge in [-0.15, -0.1) is 11.3 Å². The maximum atomic E-state index is 5.26. The van der Waals surface area contributed by atoms with E-state index in [2.05, 4.69) is 32.9 Å². The average Bonchev–Trinajstić information content (AvgIpc) is 2.93. The molecule has 0 saturated heterocycles. The van der Waals surface area contributed by atoms with Crippen molar-refractivity contribution >= 4 is 17.3 Å². The highest BCUT2D eigenvalue weighted by molar-refractivity contribution is 7.09. The summed E-state index contributed by atoms with van der Waals surface area (Å²) < 4.78 is 5.26. The van der Waals surface area contributed by atoms with Crippen LogP contribution in [0.1, 0.15) is 37.1 Å². The maximum absolute atomic E-state index is 5.26. The van der Waals surface area contributed by atoms with Gasteiger partial charge in [-0.05, 0) is 19.3 Å². The summed E-state index contributed by atoms with van der Waals surface area (Å²) in [6.07, 6.45) is 1.29. The molecule has 1 aromatic heterocycles. The Labute approximate surface area is 118 Å². The highest BCUT2D eigenvalue weighted by atomic mass is 32.1. The van der Waals surface area contributed by atoms with Crippen molar-refractivity contribution in [1.82, 2.24) is 15.6 Å². The molecular formula is C13H22N4OS. The number of aliphatic imine (C=N–C) groups is 1. The quantitative estimate of drug-likeness (QED) is 0.640. The fourth-order valence-corrected chi connectivity index (χ4v) is 2.61. The van der Waals surface area contributed by atoms with Crippen molar-refractivity contribution in [2.45, 2.75) is 39.0 Å². The number of thiazole rings is 1. The Kier molecular flexibility index (Phi) is 4.76. The average molecular weight is 282 g/mol. The van der Waals surface area contributed by atoms with Crippen LogP contribution < -0.4 is 10.6 Å². The van der Waals surface area contributed by atoms with Crippen molar-refractivity contribution in [3.8, 4) is 0 Å². The molecule has 19 heavy (non-hydrogen) atoms. The third-order valence-electron chi connectivity index (χ3n) is 3.36. The zero-order valence-corrected chi connectivity index (χ0v) is 12.8. The Morgan fingerprint density at radius 3 is 3.00 bits per heavy atom. The molecule has 0 aromatic carbocycles. The third-order valence-corrected chi connectivity index (χ3v) is 4.42. The lowest BCUT2D eigenvalue weighted by molar-refractivity contribution is 0.119. The Hall–Kier alpha value is -1.14. The summed E-state index contributed by atoms with van der Waals surface area (Å²) in [5, 5.41) is 9.75. The number of nitrogens with zero attached hydrogens (tertiary/aromatic N) is 2. The molecule has 1 aliphatic carbocycles. The zero-order valence-electron chi connectivity index (χ0n) is 11.9. The van der Waals surface area contributed by atoms with E-state index in [0.29, 0.717) is 12.6 Å². The summed E-state index contributed by atoms with van der Waals surface area (Å²) in [4.78, 5) is 8.77. The van der Waals surface area contributed by atoms with Crippen LogP contribution in [0.25, 0.3) is 0 Å². The molecule has 1 fully saturated rings. The summed E-state index contributed by atoms with van der Waals surface area (Å²) in [6.45, 7) is 4.93. The summed E-state index contributed by atoms with van der Waals surface area (Å²) in [7, 11) is 3.49. The summed E-state index contributed by atoms with van der Waals surface area (Å²) in [5.41, 5.74) is 1.02. The van der Waals surface area contributed by atoms with Crippen LogP contribution in [-0.4, -0.2) is 31.1 Å². The number of aromatic nitrogens is 1. The van der Waals surface area contributed by atoms with E-state index in [0.717, 1.165) is 22.6 Å². The molecule has 0 aliphatic heterocycles. The standard InChI is InChI=1S/C13H22N4OS/c1-8-5-11(8)17-13(14-3)15-6-10-7-19-12(16-10)9(2)18-4/h7-9,11H,5-6H2,1-4H3,(H2,14,15,17). The molecule has 1 heterocycles. The molecule has 106 valence electrons. The Bertz CT molecular complexity index is 446. The zero-order chi connectivity index (χ0) is 13.8. The van der Waals surface area contributed by atoms with E-state index in [1.807, 2.05) is 6.92 Å². The highest BCUT2D eigenvalue weighted by Gasteiger charge is 2.33. The van der Waals surface area contributed by atoms with Gasteiger partial charge in [0.1, 0.15) is 11.1 Å². The molecule has 2 rings (SSSR count). The topological polar surface area (TPSA) is 58.5 Å². The number of rotatable bonds is 5. The van der Waals surface area contributed by atoms with E-state index in [9.17, 15) is 0 Å².